The molecule has 1 atom stereocenters. The van der Waals surface area contributed by atoms with E-state index in [-0.39, 0.29) is 0 Å². The molecule has 1 aliphatic rings. The van der Waals surface area contributed by atoms with Gasteiger partial charge in [-0.2, -0.15) is 10.4 Å². The van der Waals surface area contributed by atoms with E-state index in [0.29, 0.717) is 12.3 Å². The van der Waals surface area contributed by atoms with Gasteiger partial charge in [0.2, 0.25) is 0 Å². The second-order valence-corrected chi connectivity index (χ2v) is 2.45. The van der Waals surface area contributed by atoms with E-state index in [1.807, 2.05) is 6.21 Å². The van der Waals surface area contributed by atoms with Crippen molar-refractivity contribution < 1.29 is 0 Å². The van der Waals surface area contributed by atoms with Crippen molar-refractivity contribution in [3.05, 3.63) is 0 Å². The van der Waals surface area contributed by atoms with Crippen molar-refractivity contribution in [2.45, 2.75) is 19.3 Å². The molecule has 0 radical (unpaired) electrons. The van der Waals surface area contributed by atoms with Crippen LogP contribution in [-0.4, -0.2) is 12.8 Å². The highest BCUT2D eigenvalue weighted by molar-refractivity contribution is 5.62. The summed E-state index contributed by atoms with van der Waals surface area (Å²) in [7, 11) is 0. The Morgan fingerprint density at radius 2 is 2.70 bits per heavy atom. The molecule has 1 rings (SSSR count). The molecule has 0 saturated carbocycles. The summed E-state index contributed by atoms with van der Waals surface area (Å²) < 4.78 is 0. The Kier molecular flexibility index (Phi) is 2.75. The van der Waals surface area contributed by atoms with Gasteiger partial charge in [0, 0.05) is 25.1 Å². The maximum atomic E-state index is 8.24. The van der Waals surface area contributed by atoms with Gasteiger partial charge in [-0.05, 0) is 12.8 Å². The van der Waals surface area contributed by atoms with Gasteiger partial charge < -0.3 is 5.43 Å². The van der Waals surface area contributed by atoms with Gasteiger partial charge in [-0.15, -0.1) is 0 Å². The first-order chi connectivity index (χ1) is 4.93. The van der Waals surface area contributed by atoms with Crippen LogP contribution in [0.3, 0.4) is 0 Å². The van der Waals surface area contributed by atoms with Gasteiger partial charge in [0.15, 0.2) is 0 Å². The van der Waals surface area contributed by atoms with E-state index in [1.54, 1.807) is 0 Å². The van der Waals surface area contributed by atoms with Crippen LogP contribution < -0.4 is 5.43 Å². The van der Waals surface area contributed by atoms with Crippen molar-refractivity contribution >= 4 is 6.21 Å². The lowest BCUT2D eigenvalue weighted by molar-refractivity contribution is 0.592. The molecule has 0 aromatic heterocycles. The summed E-state index contributed by atoms with van der Waals surface area (Å²) in [5, 5.41) is 12.1. The van der Waals surface area contributed by atoms with Gasteiger partial charge >= 0.3 is 0 Å². The molecule has 1 N–H and O–H groups in total. The Bertz CT molecular complexity index is 157. The number of hydrazone groups is 1. The number of nitrogens with one attached hydrogen (secondary N) is 1. The maximum absolute atomic E-state index is 8.24. The van der Waals surface area contributed by atoms with Crippen molar-refractivity contribution in [1.82, 2.24) is 5.43 Å². The summed E-state index contributed by atoms with van der Waals surface area (Å²) in [4.78, 5) is 0. The van der Waals surface area contributed by atoms with Crippen molar-refractivity contribution in [3.63, 3.8) is 0 Å². The lowest BCUT2D eigenvalue weighted by Gasteiger charge is -2.00. The topological polar surface area (TPSA) is 48.2 Å². The molecule has 0 amide bonds. The van der Waals surface area contributed by atoms with E-state index in [2.05, 4.69) is 16.6 Å². The second-order valence-electron chi connectivity index (χ2n) is 2.45. The third-order valence-corrected chi connectivity index (χ3v) is 1.59. The number of nitrogens with zero attached hydrogens (tertiary/aromatic N) is 2. The summed E-state index contributed by atoms with van der Waals surface area (Å²) in [5.74, 6) is 0.563. The molecule has 1 aliphatic heterocycles. The standard InChI is InChI=1S/C7H11N3/c8-4-2-1-3-7-5-9-10-6-7/h5,7,10H,1-3,6H2. The molecular weight excluding hydrogens is 126 g/mol. The molecule has 54 valence electrons. The fourth-order valence-electron chi connectivity index (χ4n) is 1.00. The molecule has 3 heteroatoms. The minimum Gasteiger partial charge on any atom is -0.310 e. The molecule has 10 heavy (non-hydrogen) atoms. The predicted molar refractivity (Wildman–Crippen MR) is 39.4 cm³/mol. The highest BCUT2D eigenvalue weighted by Crippen LogP contribution is 2.07. The summed E-state index contributed by atoms with van der Waals surface area (Å²) in [6, 6.07) is 2.13. The SMILES string of the molecule is N#CCCCC1C=NNC1. The summed E-state index contributed by atoms with van der Waals surface area (Å²) >= 11 is 0. The summed E-state index contributed by atoms with van der Waals surface area (Å²) in [6.45, 7) is 0.950. The van der Waals surface area contributed by atoms with E-state index >= 15 is 0 Å². The molecule has 0 fully saturated rings. The molecule has 1 heterocycles. The van der Waals surface area contributed by atoms with Crippen LogP contribution in [0.5, 0.6) is 0 Å². The highest BCUT2D eigenvalue weighted by Gasteiger charge is 2.08. The first-order valence-corrected chi connectivity index (χ1v) is 3.56. The van der Waals surface area contributed by atoms with Gasteiger partial charge in [0.25, 0.3) is 0 Å². The number of hydrogen-bond donors (Lipinski definition) is 1. The molecule has 0 aromatic carbocycles. The average molecular weight is 137 g/mol. The van der Waals surface area contributed by atoms with E-state index in [0.717, 1.165) is 19.4 Å². The number of hydrogen-bond acceptors (Lipinski definition) is 3. The van der Waals surface area contributed by atoms with Crippen LogP contribution in [0.25, 0.3) is 0 Å². The molecule has 0 saturated heterocycles. The fourth-order valence-corrected chi connectivity index (χ4v) is 1.00. The van der Waals surface area contributed by atoms with Crippen molar-refractivity contribution in [3.8, 4) is 6.07 Å². The molecule has 1 unspecified atom stereocenters. The van der Waals surface area contributed by atoms with Crippen LogP contribution in [0.2, 0.25) is 0 Å². The van der Waals surface area contributed by atoms with Crippen LogP contribution in [0.15, 0.2) is 5.10 Å². The van der Waals surface area contributed by atoms with E-state index < -0.39 is 0 Å². The third-order valence-electron chi connectivity index (χ3n) is 1.59. The highest BCUT2D eigenvalue weighted by atomic mass is 15.3. The largest absolute Gasteiger partial charge is 0.310 e. The van der Waals surface area contributed by atoms with Crippen LogP contribution in [-0.2, 0) is 0 Å². The molecule has 0 spiro atoms. The van der Waals surface area contributed by atoms with Crippen LogP contribution in [0, 0.1) is 17.2 Å². The normalized spacial score (nSPS) is 22.1. The minimum absolute atomic E-state index is 0.563. The Morgan fingerprint density at radius 3 is 3.30 bits per heavy atom. The zero-order valence-corrected chi connectivity index (χ0v) is 5.88. The molecular formula is C7H11N3. The molecule has 3 nitrogen and oxygen atoms in total. The Balaban J connectivity index is 2.03. The molecule has 0 aromatic rings. The number of rotatable bonds is 3. The Morgan fingerprint density at radius 1 is 1.80 bits per heavy atom. The fraction of sp³-hybridized carbons (Fsp3) is 0.714. The van der Waals surface area contributed by atoms with E-state index in [9.17, 15) is 0 Å². The lowest BCUT2D eigenvalue weighted by Crippen LogP contribution is -2.09. The monoisotopic (exact) mass is 137 g/mol. The lowest BCUT2D eigenvalue weighted by atomic mass is 10.0. The van der Waals surface area contributed by atoms with Crippen LogP contribution in [0.4, 0.5) is 0 Å². The van der Waals surface area contributed by atoms with Crippen LogP contribution in [0.1, 0.15) is 19.3 Å². The van der Waals surface area contributed by atoms with Crippen molar-refractivity contribution in [2.24, 2.45) is 11.0 Å². The van der Waals surface area contributed by atoms with Gasteiger partial charge in [-0.1, -0.05) is 0 Å². The summed E-state index contributed by atoms with van der Waals surface area (Å²) in [6.07, 6.45) is 4.68. The van der Waals surface area contributed by atoms with Gasteiger partial charge in [-0.25, -0.2) is 0 Å². The molecule has 0 bridgehead atoms. The second kappa shape index (κ2) is 3.89. The Labute approximate surface area is 60.7 Å². The zero-order chi connectivity index (χ0) is 7.23. The molecule has 0 aliphatic carbocycles. The van der Waals surface area contributed by atoms with Gasteiger partial charge in [0.05, 0.1) is 6.07 Å². The van der Waals surface area contributed by atoms with Gasteiger partial charge in [-0.3, -0.25) is 0 Å². The predicted octanol–water partition coefficient (Wildman–Crippen LogP) is 0.885. The third kappa shape index (κ3) is 2.06. The minimum atomic E-state index is 0.563. The maximum Gasteiger partial charge on any atom is 0.0621 e. The number of unbranched alkanes of at least 4 members (excludes halogenated alkanes) is 1. The first kappa shape index (κ1) is 7.07. The summed E-state index contributed by atoms with van der Waals surface area (Å²) in [5.41, 5.74) is 2.89. The van der Waals surface area contributed by atoms with Crippen molar-refractivity contribution in [1.29, 1.82) is 5.26 Å². The van der Waals surface area contributed by atoms with E-state index in [1.165, 1.54) is 0 Å². The Hall–Kier alpha value is -1.04. The number of nitriles is 1. The van der Waals surface area contributed by atoms with E-state index in [4.69, 9.17) is 5.26 Å². The zero-order valence-electron chi connectivity index (χ0n) is 5.88. The van der Waals surface area contributed by atoms with Gasteiger partial charge in [0.1, 0.15) is 0 Å². The average Bonchev–Trinajstić information content (AvgIpc) is 2.41. The van der Waals surface area contributed by atoms with Crippen molar-refractivity contribution in [2.75, 3.05) is 6.54 Å². The smallest absolute Gasteiger partial charge is 0.0621 e. The van der Waals surface area contributed by atoms with Crippen LogP contribution >= 0.6 is 0 Å². The quantitative estimate of drug-likeness (QED) is 0.587. The first-order valence-electron chi connectivity index (χ1n) is 3.56.